The molecule has 0 radical (unpaired) electrons. The first-order valence-corrected chi connectivity index (χ1v) is 7.13. The Morgan fingerprint density at radius 2 is 1.89 bits per heavy atom. The Labute approximate surface area is 116 Å². The second-order valence-electron chi connectivity index (χ2n) is 5.34. The molecule has 0 N–H and O–H groups in total. The van der Waals surface area contributed by atoms with Gasteiger partial charge in [0.05, 0.1) is 17.7 Å². The van der Waals surface area contributed by atoms with Crippen molar-refractivity contribution in [3.63, 3.8) is 0 Å². The molecule has 1 rings (SSSR count). The standard InChI is InChI=1S/C15H27N3O/c1-7-12-10-13(18(6)16-12)11-14(19)15(8-2,9-3)17(4)5/h10H,7-9,11H2,1-6H3. The first-order chi connectivity index (χ1) is 8.91. The van der Waals surface area contributed by atoms with Crippen molar-refractivity contribution in [3.8, 4) is 0 Å². The minimum Gasteiger partial charge on any atom is -0.297 e. The molecule has 0 saturated carbocycles. The first-order valence-electron chi connectivity index (χ1n) is 7.13. The van der Waals surface area contributed by atoms with Crippen molar-refractivity contribution in [2.24, 2.45) is 7.05 Å². The van der Waals surface area contributed by atoms with Gasteiger partial charge in [0.25, 0.3) is 0 Å². The second kappa shape index (κ2) is 6.33. The average Bonchev–Trinajstić information content (AvgIpc) is 2.72. The molecule has 0 saturated heterocycles. The molecule has 0 amide bonds. The summed E-state index contributed by atoms with van der Waals surface area (Å²) in [7, 11) is 5.90. The number of carbonyl (C=O) groups is 1. The van der Waals surface area contributed by atoms with E-state index in [0.717, 1.165) is 30.7 Å². The fourth-order valence-electron chi connectivity index (χ4n) is 2.76. The molecule has 0 bridgehead atoms. The van der Waals surface area contributed by atoms with Crippen LogP contribution < -0.4 is 0 Å². The lowest BCUT2D eigenvalue weighted by molar-refractivity contribution is -0.129. The Morgan fingerprint density at radius 3 is 2.26 bits per heavy atom. The molecule has 0 fully saturated rings. The van der Waals surface area contributed by atoms with E-state index in [0.29, 0.717) is 6.42 Å². The van der Waals surface area contributed by atoms with Gasteiger partial charge in [-0.1, -0.05) is 20.8 Å². The van der Waals surface area contributed by atoms with Gasteiger partial charge in [-0.05, 0) is 39.4 Å². The molecule has 4 nitrogen and oxygen atoms in total. The molecule has 0 aromatic carbocycles. The summed E-state index contributed by atoms with van der Waals surface area (Å²) in [5, 5.41) is 4.41. The number of likely N-dealkylation sites (N-methyl/N-ethyl adjacent to an activating group) is 1. The maximum absolute atomic E-state index is 12.7. The number of aromatic nitrogens is 2. The summed E-state index contributed by atoms with van der Waals surface area (Å²) in [5.74, 6) is 0.285. The smallest absolute Gasteiger partial charge is 0.158 e. The average molecular weight is 265 g/mol. The van der Waals surface area contributed by atoms with Gasteiger partial charge in [0.2, 0.25) is 0 Å². The summed E-state index contributed by atoms with van der Waals surface area (Å²) in [6.45, 7) is 6.25. The number of carbonyl (C=O) groups excluding carboxylic acids is 1. The van der Waals surface area contributed by atoms with E-state index in [1.165, 1.54) is 0 Å². The van der Waals surface area contributed by atoms with Gasteiger partial charge >= 0.3 is 0 Å². The molecule has 4 heteroatoms. The number of hydrogen-bond acceptors (Lipinski definition) is 3. The highest BCUT2D eigenvalue weighted by Crippen LogP contribution is 2.24. The Balaban J connectivity index is 2.96. The van der Waals surface area contributed by atoms with Crippen molar-refractivity contribution in [3.05, 3.63) is 17.5 Å². The van der Waals surface area contributed by atoms with E-state index in [-0.39, 0.29) is 11.3 Å². The maximum atomic E-state index is 12.7. The fraction of sp³-hybridized carbons (Fsp3) is 0.733. The summed E-state index contributed by atoms with van der Waals surface area (Å²) in [6.07, 6.45) is 3.05. The minimum atomic E-state index is -0.351. The highest BCUT2D eigenvalue weighted by atomic mass is 16.1. The van der Waals surface area contributed by atoms with Crippen molar-refractivity contribution >= 4 is 5.78 Å². The molecule has 0 aliphatic carbocycles. The van der Waals surface area contributed by atoms with E-state index in [9.17, 15) is 4.79 Å². The van der Waals surface area contributed by atoms with Gasteiger partial charge in [-0.15, -0.1) is 0 Å². The fourth-order valence-corrected chi connectivity index (χ4v) is 2.76. The third-order valence-corrected chi connectivity index (χ3v) is 4.28. The number of ketones is 1. The SMILES string of the molecule is CCc1cc(CC(=O)C(CC)(CC)N(C)C)n(C)n1. The lowest BCUT2D eigenvalue weighted by Gasteiger charge is -2.37. The normalized spacial score (nSPS) is 12.2. The monoisotopic (exact) mass is 265 g/mol. The van der Waals surface area contributed by atoms with Gasteiger partial charge in [0, 0.05) is 12.7 Å². The third-order valence-electron chi connectivity index (χ3n) is 4.28. The molecule has 0 aliphatic rings. The highest BCUT2D eigenvalue weighted by Gasteiger charge is 2.36. The van der Waals surface area contributed by atoms with E-state index < -0.39 is 0 Å². The summed E-state index contributed by atoms with van der Waals surface area (Å²) < 4.78 is 1.84. The van der Waals surface area contributed by atoms with Crippen LogP contribution in [0.3, 0.4) is 0 Å². The Kier molecular flexibility index (Phi) is 5.29. The molecule has 0 unspecified atom stereocenters. The molecule has 0 spiro atoms. The Hall–Kier alpha value is -1.16. The quantitative estimate of drug-likeness (QED) is 0.758. The number of Topliss-reactive ketones (excluding diaryl/α,β-unsaturated/α-hetero) is 1. The number of nitrogens with zero attached hydrogens (tertiary/aromatic N) is 3. The zero-order valence-electron chi connectivity index (χ0n) is 13.2. The van der Waals surface area contributed by atoms with E-state index in [2.05, 4.69) is 30.8 Å². The molecule has 1 heterocycles. The minimum absolute atomic E-state index is 0.285. The lowest BCUT2D eigenvalue weighted by atomic mass is 9.84. The topological polar surface area (TPSA) is 38.1 Å². The van der Waals surface area contributed by atoms with Crippen LogP contribution in [0.2, 0.25) is 0 Å². The molecule has 0 aliphatic heterocycles. The number of aryl methyl sites for hydroxylation is 2. The lowest BCUT2D eigenvalue weighted by Crippen LogP contribution is -2.51. The molecule has 1 aromatic rings. The van der Waals surface area contributed by atoms with Crippen LogP contribution in [0.5, 0.6) is 0 Å². The number of hydrogen-bond donors (Lipinski definition) is 0. The largest absolute Gasteiger partial charge is 0.297 e. The van der Waals surface area contributed by atoms with Crippen LogP contribution in [-0.2, 0) is 24.7 Å². The summed E-state index contributed by atoms with van der Waals surface area (Å²) >= 11 is 0. The van der Waals surface area contributed by atoms with Crippen molar-refractivity contribution in [1.82, 2.24) is 14.7 Å². The van der Waals surface area contributed by atoms with Crippen LogP contribution in [0.1, 0.15) is 45.0 Å². The first kappa shape index (κ1) is 15.9. The summed E-state index contributed by atoms with van der Waals surface area (Å²) in [4.78, 5) is 14.8. The molecule has 0 atom stereocenters. The maximum Gasteiger partial charge on any atom is 0.158 e. The Morgan fingerprint density at radius 1 is 1.32 bits per heavy atom. The third kappa shape index (κ3) is 3.06. The summed E-state index contributed by atoms with van der Waals surface area (Å²) in [6, 6.07) is 2.05. The van der Waals surface area contributed by atoms with Crippen molar-refractivity contribution < 1.29 is 4.79 Å². The predicted octanol–water partition coefficient (Wildman–Crippen LogP) is 2.21. The van der Waals surface area contributed by atoms with E-state index in [4.69, 9.17) is 0 Å². The van der Waals surface area contributed by atoms with Crippen molar-refractivity contribution in [2.45, 2.75) is 52.0 Å². The van der Waals surface area contributed by atoms with Crippen LogP contribution in [0, 0.1) is 0 Å². The van der Waals surface area contributed by atoms with E-state index >= 15 is 0 Å². The molecular formula is C15H27N3O. The number of rotatable bonds is 7. The second-order valence-corrected chi connectivity index (χ2v) is 5.34. The molecule has 1 aromatic heterocycles. The van der Waals surface area contributed by atoms with Crippen LogP contribution in [0.15, 0.2) is 6.07 Å². The van der Waals surface area contributed by atoms with Crippen molar-refractivity contribution in [2.75, 3.05) is 14.1 Å². The van der Waals surface area contributed by atoms with E-state index in [1.54, 1.807) is 0 Å². The van der Waals surface area contributed by atoms with Gasteiger partial charge in [0.15, 0.2) is 5.78 Å². The van der Waals surface area contributed by atoms with Crippen molar-refractivity contribution in [1.29, 1.82) is 0 Å². The van der Waals surface area contributed by atoms with Gasteiger partial charge in [-0.2, -0.15) is 5.10 Å². The van der Waals surface area contributed by atoms with Gasteiger partial charge in [0.1, 0.15) is 0 Å². The van der Waals surface area contributed by atoms with Crippen LogP contribution in [0.25, 0.3) is 0 Å². The molecule has 108 valence electrons. The zero-order valence-corrected chi connectivity index (χ0v) is 13.2. The highest BCUT2D eigenvalue weighted by molar-refractivity contribution is 5.89. The van der Waals surface area contributed by atoms with E-state index in [1.807, 2.05) is 31.9 Å². The van der Waals surface area contributed by atoms with Crippen LogP contribution in [0.4, 0.5) is 0 Å². The van der Waals surface area contributed by atoms with Gasteiger partial charge in [-0.3, -0.25) is 14.4 Å². The molecular weight excluding hydrogens is 238 g/mol. The Bertz CT molecular complexity index is 431. The molecule has 19 heavy (non-hydrogen) atoms. The van der Waals surface area contributed by atoms with Crippen LogP contribution >= 0.6 is 0 Å². The summed E-state index contributed by atoms with van der Waals surface area (Å²) in [5.41, 5.74) is 1.71. The predicted molar refractivity (Wildman–Crippen MR) is 78.3 cm³/mol. The zero-order chi connectivity index (χ0) is 14.6. The van der Waals surface area contributed by atoms with Crippen LogP contribution in [-0.4, -0.2) is 40.1 Å². The van der Waals surface area contributed by atoms with Gasteiger partial charge < -0.3 is 0 Å². The van der Waals surface area contributed by atoms with Gasteiger partial charge in [-0.25, -0.2) is 0 Å².